The molecule has 2 aromatic rings. The minimum absolute atomic E-state index is 0.100. The van der Waals surface area contributed by atoms with Crippen molar-refractivity contribution in [3.8, 4) is 0 Å². The predicted octanol–water partition coefficient (Wildman–Crippen LogP) is 5.20. The number of carbonyl (C=O) groups is 1. The second-order valence-corrected chi connectivity index (χ2v) is 6.67. The molecule has 0 saturated heterocycles. The van der Waals surface area contributed by atoms with Gasteiger partial charge >= 0.3 is 0 Å². The number of rotatable bonds is 2. The van der Waals surface area contributed by atoms with Crippen molar-refractivity contribution >= 4 is 23.2 Å². The van der Waals surface area contributed by atoms with Gasteiger partial charge in [0.15, 0.2) is 0 Å². The fourth-order valence-corrected chi connectivity index (χ4v) is 2.38. The molecule has 0 heterocycles. The van der Waals surface area contributed by atoms with Gasteiger partial charge in [-0.15, -0.1) is 0 Å². The zero-order valence-corrected chi connectivity index (χ0v) is 13.6. The Balaban J connectivity index is 2.16. The Morgan fingerprint density at radius 1 is 1.05 bits per heavy atom. The summed E-state index contributed by atoms with van der Waals surface area (Å²) < 4.78 is 0. The van der Waals surface area contributed by atoms with Crippen molar-refractivity contribution in [1.82, 2.24) is 0 Å². The molecule has 0 aliphatic carbocycles. The normalized spacial score (nSPS) is 11.3. The first-order valence-electron chi connectivity index (χ1n) is 6.95. The number of aryl methyl sites for hydroxylation is 1. The quantitative estimate of drug-likeness (QED) is 0.811. The molecule has 2 nitrogen and oxygen atoms in total. The van der Waals surface area contributed by atoms with Crippen LogP contribution in [0.2, 0.25) is 5.02 Å². The van der Waals surface area contributed by atoms with Crippen LogP contribution in [-0.4, -0.2) is 5.91 Å². The van der Waals surface area contributed by atoms with Crippen LogP contribution in [0.1, 0.15) is 42.3 Å². The minimum Gasteiger partial charge on any atom is -0.322 e. The number of hydrogen-bond donors (Lipinski definition) is 1. The fourth-order valence-electron chi connectivity index (χ4n) is 2.06. The van der Waals surface area contributed by atoms with Crippen molar-refractivity contribution in [3.63, 3.8) is 0 Å². The molecule has 2 rings (SSSR count). The number of benzene rings is 2. The summed E-state index contributed by atoms with van der Waals surface area (Å²) in [5, 5.41) is 3.34. The summed E-state index contributed by atoms with van der Waals surface area (Å²) in [7, 11) is 0. The summed E-state index contributed by atoms with van der Waals surface area (Å²) in [5.41, 5.74) is 3.62. The molecule has 0 aromatic heterocycles. The van der Waals surface area contributed by atoms with Crippen LogP contribution in [-0.2, 0) is 5.41 Å². The molecule has 3 heteroatoms. The Morgan fingerprint density at radius 3 is 2.19 bits per heavy atom. The van der Waals surface area contributed by atoms with Gasteiger partial charge < -0.3 is 5.32 Å². The smallest absolute Gasteiger partial charge is 0.257 e. The van der Waals surface area contributed by atoms with Crippen LogP contribution in [0.5, 0.6) is 0 Å². The summed E-state index contributed by atoms with van der Waals surface area (Å²) in [4.78, 5) is 12.2. The highest BCUT2D eigenvalue weighted by molar-refractivity contribution is 6.34. The molecular formula is C18H20ClNO. The fraction of sp³-hybridized carbons (Fsp3) is 0.278. The summed E-state index contributed by atoms with van der Waals surface area (Å²) in [6.07, 6.45) is 0. The standard InChI is InChI=1S/C18H20ClNO/c1-12-5-10-15(16(19)11-12)17(21)20-14-8-6-13(7-9-14)18(2,3)4/h5-11H,1-4H3,(H,20,21). The van der Waals surface area contributed by atoms with Gasteiger partial charge in [-0.2, -0.15) is 0 Å². The first-order chi connectivity index (χ1) is 9.77. The van der Waals surface area contributed by atoms with E-state index in [1.807, 2.05) is 37.3 Å². The molecule has 0 aliphatic rings. The number of amides is 1. The largest absolute Gasteiger partial charge is 0.322 e. The molecule has 0 spiro atoms. The maximum absolute atomic E-state index is 12.2. The first kappa shape index (κ1) is 15.6. The van der Waals surface area contributed by atoms with E-state index in [1.54, 1.807) is 12.1 Å². The van der Waals surface area contributed by atoms with E-state index in [4.69, 9.17) is 11.6 Å². The zero-order chi connectivity index (χ0) is 15.6. The second-order valence-electron chi connectivity index (χ2n) is 6.26. The lowest BCUT2D eigenvalue weighted by atomic mass is 9.87. The number of anilines is 1. The van der Waals surface area contributed by atoms with E-state index in [2.05, 4.69) is 26.1 Å². The summed E-state index contributed by atoms with van der Waals surface area (Å²) in [5.74, 6) is -0.191. The van der Waals surface area contributed by atoms with Crippen molar-refractivity contribution in [2.24, 2.45) is 0 Å². The average molecular weight is 302 g/mol. The van der Waals surface area contributed by atoms with E-state index < -0.39 is 0 Å². The van der Waals surface area contributed by atoms with Crippen molar-refractivity contribution in [1.29, 1.82) is 0 Å². The molecule has 0 atom stereocenters. The third-order valence-corrected chi connectivity index (χ3v) is 3.69. The third-order valence-electron chi connectivity index (χ3n) is 3.38. The Labute approximate surface area is 131 Å². The molecule has 0 saturated carbocycles. The van der Waals surface area contributed by atoms with Gasteiger partial charge in [-0.05, 0) is 47.7 Å². The maximum Gasteiger partial charge on any atom is 0.257 e. The molecule has 2 aromatic carbocycles. The van der Waals surface area contributed by atoms with Gasteiger partial charge in [0.05, 0.1) is 10.6 Å². The lowest BCUT2D eigenvalue weighted by Crippen LogP contribution is -2.14. The Kier molecular flexibility index (Phi) is 4.38. The van der Waals surface area contributed by atoms with Gasteiger partial charge in [0, 0.05) is 5.69 Å². The molecule has 0 fully saturated rings. The molecule has 0 aliphatic heterocycles. The Bertz CT molecular complexity index is 654. The van der Waals surface area contributed by atoms with Crippen LogP contribution in [0.3, 0.4) is 0 Å². The number of carbonyl (C=O) groups excluding carboxylic acids is 1. The van der Waals surface area contributed by atoms with Gasteiger partial charge in [0.25, 0.3) is 5.91 Å². The van der Waals surface area contributed by atoms with Crippen molar-refractivity contribution in [3.05, 3.63) is 64.2 Å². The first-order valence-corrected chi connectivity index (χ1v) is 7.33. The van der Waals surface area contributed by atoms with Crippen LogP contribution >= 0.6 is 11.6 Å². The van der Waals surface area contributed by atoms with E-state index >= 15 is 0 Å². The highest BCUT2D eigenvalue weighted by Crippen LogP contribution is 2.24. The number of hydrogen-bond acceptors (Lipinski definition) is 1. The van der Waals surface area contributed by atoms with Gasteiger partial charge in [0.2, 0.25) is 0 Å². The monoisotopic (exact) mass is 301 g/mol. The topological polar surface area (TPSA) is 29.1 Å². The van der Waals surface area contributed by atoms with Crippen LogP contribution < -0.4 is 5.32 Å². The molecule has 0 radical (unpaired) electrons. The van der Waals surface area contributed by atoms with E-state index in [-0.39, 0.29) is 11.3 Å². The summed E-state index contributed by atoms with van der Waals surface area (Å²) >= 11 is 6.11. The van der Waals surface area contributed by atoms with Crippen molar-refractivity contribution in [2.45, 2.75) is 33.1 Å². The Morgan fingerprint density at radius 2 is 1.67 bits per heavy atom. The Hall–Kier alpha value is -1.80. The maximum atomic E-state index is 12.2. The highest BCUT2D eigenvalue weighted by Gasteiger charge is 2.14. The molecule has 1 amide bonds. The number of nitrogens with one attached hydrogen (secondary N) is 1. The highest BCUT2D eigenvalue weighted by atomic mass is 35.5. The van der Waals surface area contributed by atoms with Gasteiger partial charge in [-0.1, -0.05) is 50.6 Å². The van der Waals surface area contributed by atoms with Gasteiger partial charge in [-0.25, -0.2) is 0 Å². The molecule has 110 valence electrons. The molecule has 0 bridgehead atoms. The minimum atomic E-state index is -0.191. The summed E-state index contributed by atoms with van der Waals surface area (Å²) in [6, 6.07) is 13.3. The van der Waals surface area contributed by atoms with E-state index in [0.717, 1.165) is 11.3 Å². The third kappa shape index (κ3) is 3.85. The molecule has 21 heavy (non-hydrogen) atoms. The van der Waals surface area contributed by atoms with Gasteiger partial charge in [-0.3, -0.25) is 4.79 Å². The second kappa shape index (κ2) is 5.90. The zero-order valence-electron chi connectivity index (χ0n) is 12.8. The molecule has 0 unspecified atom stereocenters. The van der Waals surface area contributed by atoms with E-state index in [0.29, 0.717) is 10.6 Å². The number of halogens is 1. The summed E-state index contributed by atoms with van der Waals surface area (Å²) in [6.45, 7) is 8.42. The van der Waals surface area contributed by atoms with Gasteiger partial charge in [0.1, 0.15) is 0 Å². The SMILES string of the molecule is Cc1ccc(C(=O)Nc2ccc(C(C)(C)C)cc2)c(Cl)c1. The predicted molar refractivity (Wildman–Crippen MR) is 89.3 cm³/mol. The van der Waals surface area contributed by atoms with Crippen LogP contribution in [0.4, 0.5) is 5.69 Å². The molecular weight excluding hydrogens is 282 g/mol. The van der Waals surface area contributed by atoms with Crippen molar-refractivity contribution < 1.29 is 4.79 Å². The lowest BCUT2D eigenvalue weighted by molar-refractivity contribution is 0.102. The average Bonchev–Trinajstić information content (AvgIpc) is 2.38. The van der Waals surface area contributed by atoms with Crippen LogP contribution in [0.25, 0.3) is 0 Å². The van der Waals surface area contributed by atoms with Crippen LogP contribution in [0, 0.1) is 6.92 Å². The van der Waals surface area contributed by atoms with E-state index in [9.17, 15) is 4.79 Å². The van der Waals surface area contributed by atoms with E-state index in [1.165, 1.54) is 5.56 Å². The molecule has 1 N–H and O–H groups in total. The van der Waals surface area contributed by atoms with Crippen LogP contribution in [0.15, 0.2) is 42.5 Å². The lowest BCUT2D eigenvalue weighted by Gasteiger charge is -2.19. The van der Waals surface area contributed by atoms with Crippen molar-refractivity contribution in [2.75, 3.05) is 5.32 Å².